The zero-order chi connectivity index (χ0) is 16.4. The SMILES string of the molecule is CCCC(C)(C)N1C(c2ccccc2)=Nc2ccccc2C1N. The molecule has 0 saturated heterocycles. The topological polar surface area (TPSA) is 41.6 Å². The number of hydrogen-bond acceptors (Lipinski definition) is 3. The summed E-state index contributed by atoms with van der Waals surface area (Å²) in [6.07, 6.45) is 2.00. The highest BCUT2D eigenvalue weighted by Crippen LogP contribution is 2.38. The summed E-state index contributed by atoms with van der Waals surface area (Å²) in [5, 5.41) is 0. The number of rotatable bonds is 4. The summed E-state index contributed by atoms with van der Waals surface area (Å²) in [4.78, 5) is 7.24. The van der Waals surface area contributed by atoms with Gasteiger partial charge in [0.1, 0.15) is 12.0 Å². The largest absolute Gasteiger partial charge is 0.331 e. The standard InChI is InChI=1S/C20H25N3/c1-4-14-20(2,3)23-18(21)16-12-8-9-13-17(16)22-19(23)15-10-6-5-7-11-15/h5-13,18H,4,14,21H2,1-3H3. The zero-order valence-corrected chi connectivity index (χ0v) is 14.2. The van der Waals surface area contributed by atoms with E-state index >= 15 is 0 Å². The first-order chi connectivity index (χ1) is 11.0. The Labute approximate surface area is 138 Å². The van der Waals surface area contributed by atoms with E-state index in [-0.39, 0.29) is 11.7 Å². The Hall–Kier alpha value is -2.13. The van der Waals surface area contributed by atoms with E-state index in [4.69, 9.17) is 10.7 Å². The first kappa shape index (κ1) is 15.8. The molecule has 1 unspecified atom stereocenters. The maximum absolute atomic E-state index is 6.68. The summed E-state index contributed by atoms with van der Waals surface area (Å²) < 4.78 is 0. The molecule has 0 bridgehead atoms. The first-order valence-corrected chi connectivity index (χ1v) is 8.32. The van der Waals surface area contributed by atoms with Crippen LogP contribution < -0.4 is 5.73 Å². The highest BCUT2D eigenvalue weighted by Gasteiger charge is 2.37. The summed E-state index contributed by atoms with van der Waals surface area (Å²) in [7, 11) is 0. The van der Waals surface area contributed by atoms with Gasteiger partial charge in [-0.15, -0.1) is 0 Å². The lowest BCUT2D eigenvalue weighted by atomic mass is 9.91. The number of benzene rings is 2. The Bertz CT molecular complexity index is 704. The third kappa shape index (κ3) is 2.89. The van der Waals surface area contributed by atoms with Crippen molar-refractivity contribution in [3.8, 4) is 0 Å². The first-order valence-electron chi connectivity index (χ1n) is 8.32. The summed E-state index contributed by atoms with van der Waals surface area (Å²) >= 11 is 0. The highest BCUT2D eigenvalue weighted by atomic mass is 15.3. The van der Waals surface area contributed by atoms with Crippen molar-refractivity contribution in [2.24, 2.45) is 10.7 Å². The Balaban J connectivity index is 2.16. The number of fused-ring (bicyclic) bond motifs is 1. The van der Waals surface area contributed by atoms with Gasteiger partial charge in [0.05, 0.1) is 5.69 Å². The van der Waals surface area contributed by atoms with Gasteiger partial charge in [-0.2, -0.15) is 0 Å². The van der Waals surface area contributed by atoms with E-state index in [0.29, 0.717) is 0 Å². The molecule has 120 valence electrons. The molecule has 1 aliphatic heterocycles. The van der Waals surface area contributed by atoms with Crippen LogP contribution in [0.25, 0.3) is 0 Å². The third-order valence-corrected chi connectivity index (χ3v) is 4.53. The lowest BCUT2D eigenvalue weighted by Gasteiger charge is -2.47. The van der Waals surface area contributed by atoms with Crippen LogP contribution in [0.4, 0.5) is 5.69 Å². The van der Waals surface area contributed by atoms with E-state index in [1.165, 1.54) is 0 Å². The molecule has 0 fully saturated rings. The van der Waals surface area contributed by atoms with Crippen molar-refractivity contribution in [2.45, 2.75) is 45.3 Å². The van der Waals surface area contributed by atoms with Crippen molar-refractivity contribution >= 4 is 11.5 Å². The average Bonchev–Trinajstić information content (AvgIpc) is 2.55. The molecule has 3 rings (SSSR count). The van der Waals surface area contributed by atoms with E-state index in [9.17, 15) is 0 Å². The molecule has 1 atom stereocenters. The van der Waals surface area contributed by atoms with E-state index in [1.54, 1.807) is 0 Å². The van der Waals surface area contributed by atoms with E-state index in [1.807, 2.05) is 24.3 Å². The van der Waals surface area contributed by atoms with Crippen LogP contribution in [-0.4, -0.2) is 16.3 Å². The smallest absolute Gasteiger partial charge is 0.138 e. The Morgan fingerprint density at radius 2 is 1.70 bits per heavy atom. The molecule has 2 aromatic rings. The maximum atomic E-state index is 6.68. The highest BCUT2D eigenvalue weighted by molar-refractivity contribution is 6.02. The molecule has 2 aromatic carbocycles. The van der Waals surface area contributed by atoms with Gasteiger partial charge in [-0.25, -0.2) is 4.99 Å². The van der Waals surface area contributed by atoms with Crippen LogP contribution in [0, 0.1) is 0 Å². The normalized spacial score (nSPS) is 17.7. The molecule has 1 heterocycles. The van der Waals surface area contributed by atoms with Gasteiger partial charge in [0.15, 0.2) is 0 Å². The van der Waals surface area contributed by atoms with E-state index in [0.717, 1.165) is 35.5 Å². The van der Waals surface area contributed by atoms with Crippen LogP contribution in [0.2, 0.25) is 0 Å². The molecular formula is C20H25N3. The van der Waals surface area contributed by atoms with Crippen molar-refractivity contribution in [1.82, 2.24) is 4.90 Å². The van der Waals surface area contributed by atoms with Crippen LogP contribution in [0.15, 0.2) is 59.6 Å². The van der Waals surface area contributed by atoms with Gasteiger partial charge in [0.2, 0.25) is 0 Å². The van der Waals surface area contributed by atoms with Crippen molar-refractivity contribution in [3.63, 3.8) is 0 Å². The second-order valence-electron chi connectivity index (χ2n) is 6.74. The van der Waals surface area contributed by atoms with Crippen molar-refractivity contribution in [3.05, 3.63) is 65.7 Å². The molecule has 3 heteroatoms. The van der Waals surface area contributed by atoms with Gasteiger partial charge in [-0.05, 0) is 26.3 Å². The predicted molar refractivity (Wildman–Crippen MR) is 96.8 cm³/mol. The summed E-state index contributed by atoms with van der Waals surface area (Å²) in [6, 6.07) is 18.5. The van der Waals surface area contributed by atoms with E-state index < -0.39 is 0 Å². The van der Waals surface area contributed by atoms with Crippen LogP contribution in [0.5, 0.6) is 0 Å². The van der Waals surface area contributed by atoms with Crippen LogP contribution in [-0.2, 0) is 0 Å². The average molecular weight is 307 g/mol. The summed E-state index contributed by atoms with van der Waals surface area (Å²) in [5.74, 6) is 0.968. The van der Waals surface area contributed by atoms with E-state index in [2.05, 4.69) is 56.0 Å². The minimum Gasteiger partial charge on any atom is -0.331 e. The second kappa shape index (κ2) is 6.17. The van der Waals surface area contributed by atoms with Crippen LogP contribution in [0.1, 0.15) is 50.9 Å². The third-order valence-electron chi connectivity index (χ3n) is 4.53. The fourth-order valence-electron chi connectivity index (χ4n) is 3.46. The van der Waals surface area contributed by atoms with Gasteiger partial charge in [-0.1, -0.05) is 61.9 Å². The summed E-state index contributed by atoms with van der Waals surface area (Å²) in [6.45, 7) is 6.72. The lowest BCUT2D eigenvalue weighted by molar-refractivity contribution is 0.146. The second-order valence-corrected chi connectivity index (χ2v) is 6.74. The Kier molecular flexibility index (Phi) is 4.22. The Morgan fingerprint density at radius 3 is 2.39 bits per heavy atom. The molecular weight excluding hydrogens is 282 g/mol. The number of amidine groups is 1. The minimum absolute atomic E-state index is 0.0592. The number of para-hydroxylation sites is 1. The quantitative estimate of drug-likeness (QED) is 0.895. The molecule has 0 aliphatic carbocycles. The molecule has 2 N–H and O–H groups in total. The van der Waals surface area contributed by atoms with Crippen LogP contribution in [0.3, 0.4) is 0 Å². The predicted octanol–water partition coefficient (Wildman–Crippen LogP) is 4.62. The number of nitrogens with two attached hydrogens (primary N) is 1. The van der Waals surface area contributed by atoms with Gasteiger partial charge in [-0.3, -0.25) is 0 Å². The monoisotopic (exact) mass is 307 g/mol. The minimum atomic E-state index is -0.180. The molecule has 23 heavy (non-hydrogen) atoms. The fraction of sp³-hybridized carbons (Fsp3) is 0.350. The Morgan fingerprint density at radius 1 is 1.04 bits per heavy atom. The summed E-state index contributed by atoms with van der Waals surface area (Å²) in [5.41, 5.74) is 9.80. The molecule has 0 amide bonds. The number of hydrogen-bond donors (Lipinski definition) is 1. The maximum Gasteiger partial charge on any atom is 0.138 e. The number of aliphatic imine (C=N–C) groups is 1. The van der Waals surface area contributed by atoms with Crippen LogP contribution >= 0.6 is 0 Å². The zero-order valence-electron chi connectivity index (χ0n) is 14.2. The van der Waals surface area contributed by atoms with Crippen molar-refractivity contribution in [1.29, 1.82) is 0 Å². The lowest BCUT2D eigenvalue weighted by Crippen LogP contribution is -2.53. The number of nitrogens with zero attached hydrogens (tertiary/aromatic N) is 2. The van der Waals surface area contributed by atoms with Gasteiger partial charge in [0.25, 0.3) is 0 Å². The molecule has 0 saturated carbocycles. The molecule has 0 radical (unpaired) electrons. The molecule has 1 aliphatic rings. The van der Waals surface area contributed by atoms with Gasteiger partial charge >= 0.3 is 0 Å². The van der Waals surface area contributed by atoms with Crippen molar-refractivity contribution < 1.29 is 0 Å². The fourth-order valence-corrected chi connectivity index (χ4v) is 3.46. The molecule has 3 nitrogen and oxygen atoms in total. The van der Waals surface area contributed by atoms with Gasteiger partial charge in [0, 0.05) is 16.7 Å². The molecule has 0 spiro atoms. The molecule has 0 aromatic heterocycles. The van der Waals surface area contributed by atoms with Gasteiger partial charge < -0.3 is 10.6 Å². The van der Waals surface area contributed by atoms with Crippen molar-refractivity contribution in [2.75, 3.05) is 0 Å².